The van der Waals surface area contributed by atoms with Crippen molar-refractivity contribution in [2.45, 2.75) is 40.3 Å². The summed E-state index contributed by atoms with van der Waals surface area (Å²) in [7, 11) is 0. The van der Waals surface area contributed by atoms with Gasteiger partial charge in [-0.05, 0) is 24.3 Å². The van der Waals surface area contributed by atoms with Crippen LogP contribution in [0.2, 0.25) is 5.15 Å². The van der Waals surface area contributed by atoms with Crippen LogP contribution < -0.4 is 5.32 Å². The monoisotopic (exact) mass is 335 g/mol. The van der Waals surface area contributed by atoms with E-state index >= 15 is 0 Å². The molecule has 1 aromatic heterocycles. The molecule has 0 aliphatic rings. The Morgan fingerprint density at radius 1 is 1.26 bits per heavy atom. The number of aromatic nitrogens is 2. The predicted molar refractivity (Wildman–Crippen MR) is 94.7 cm³/mol. The van der Waals surface area contributed by atoms with Crippen LogP contribution in [0.4, 0.5) is 0 Å². The smallest absolute Gasteiger partial charge is 0.132 e. The molecule has 0 aliphatic carbocycles. The normalized spacial score (nSPS) is 11.9. The highest BCUT2D eigenvalue weighted by atomic mass is 35.5. The minimum absolute atomic E-state index is 0.0646. The lowest BCUT2D eigenvalue weighted by atomic mass is 9.90. The van der Waals surface area contributed by atoms with Gasteiger partial charge in [-0.1, -0.05) is 55.8 Å². The number of rotatable bonds is 8. The van der Waals surface area contributed by atoms with Gasteiger partial charge in [0.15, 0.2) is 0 Å². The van der Waals surface area contributed by atoms with Crippen LogP contribution in [0.5, 0.6) is 0 Å². The van der Waals surface area contributed by atoms with Crippen molar-refractivity contribution < 1.29 is 5.11 Å². The van der Waals surface area contributed by atoms with E-state index in [1.165, 1.54) is 5.56 Å². The van der Waals surface area contributed by atoms with Gasteiger partial charge in [-0.3, -0.25) is 0 Å². The van der Waals surface area contributed by atoms with Crippen molar-refractivity contribution in [1.82, 2.24) is 15.1 Å². The van der Waals surface area contributed by atoms with Crippen molar-refractivity contribution in [1.29, 1.82) is 0 Å². The van der Waals surface area contributed by atoms with Gasteiger partial charge >= 0.3 is 0 Å². The number of aryl methyl sites for hydroxylation is 1. The molecule has 0 radical (unpaired) electrons. The second kappa shape index (κ2) is 7.95. The summed E-state index contributed by atoms with van der Waals surface area (Å²) in [4.78, 5) is 0. The van der Waals surface area contributed by atoms with Gasteiger partial charge in [0, 0.05) is 25.3 Å². The van der Waals surface area contributed by atoms with E-state index in [-0.39, 0.29) is 12.0 Å². The van der Waals surface area contributed by atoms with E-state index in [1.807, 2.05) is 29.8 Å². The average Bonchev–Trinajstić information content (AvgIpc) is 2.75. The molecule has 0 saturated carbocycles. The van der Waals surface area contributed by atoms with Gasteiger partial charge < -0.3 is 10.4 Å². The van der Waals surface area contributed by atoms with E-state index in [0.29, 0.717) is 18.2 Å². The lowest BCUT2D eigenvalue weighted by molar-refractivity contribution is 0.207. The fourth-order valence-corrected chi connectivity index (χ4v) is 2.87. The van der Waals surface area contributed by atoms with Crippen LogP contribution in [0.15, 0.2) is 30.3 Å². The summed E-state index contributed by atoms with van der Waals surface area (Å²) in [5.74, 6) is 0. The molecule has 0 fully saturated rings. The van der Waals surface area contributed by atoms with Gasteiger partial charge in [0.05, 0.1) is 12.2 Å². The van der Waals surface area contributed by atoms with Crippen LogP contribution in [-0.4, -0.2) is 28.0 Å². The summed E-state index contributed by atoms with van der Waals surface area (Å²) in [5, 5.41) is 17.8. The van der Waals surface area contributed by atoms with Crippen LogP contribution in [0.1, 0.15) is 37.1 Å². The van der Waals surface area contributed by atoms with Crippen molar-refractivity contribution >= 4 is 11.6 Å². The number of nitrogens with zero attached hydrogens (tertiary/aromatic N) is 2. The predicted octanol–water partition coefficient (Wildman–Crippen LogP) is 3.39. The van der Waals surface area contributed by atoms with Gasteiger partial charge in [0.25, 0.3) is 0 Å². The maximum Gasteiger partial charge on any atom is 0.132 e. The van der Waals surface area contributed by atoms with Gasteiger partial charge in [0.2, 0.25) is 0 Å². The van der Waals surface area contributed by atoms with Gasteiger partial charge in [0.1, 0.15) is 5.15 Å². The average molecular weight is 336 g/mol. The molecule has 0 amide bonds. The summed E-state index contributed by atoms with van der Waals surface area (Å²) in [6, 6.07) is 10.2. The standard InChI is InChI=1S/C18H26ClN3O/c1-14-16(11-20-13-18(2,3)9-10-23)17(19)22(21-14)12-15-7-5-4-6-8-15/h4-8,20,23H,9-13H2,1-3H3. The fraction of sp³-hybridized carbons (Fsp3) is 0.500. The molecule has 0 aliphatic heterocycles. The van der Waals surface area contributed by atoms with Crippen LogP contribution >= 0.6 is 11.6 Å². The number of hydrogen-bond donors (Lipinski definition) is 2. The molecule has 126 valence electrons. The SMILES string of the molecule is Cc1nn(Cc2ccccc2)c(Cl)c1CNCC(C)(C)CCO. The molecule has 5 heteroatoms. The maximum absolute atomic E-state index is 9.09. The maximum atomic E-state index is 9.09. The highest BCUT2D eigenvalue weighted by Crippen LogP contribution is 2.22. The summed E-state index contributed by atoms with van der Waals surface area (Å²) in [5.41, 5.74) is 3.25. The lowest BCUT2D eigenvalue weighted by Crippen LogP contribution is -2.30. The zero-order valence-corrected chi connectivity index (χ0v) is 14.9. The van der Waals surface area contributed by atoms with E-state index in [9.17, 15) is 0 Å². The molecule has 1 aromatic carbocycles. The van der Waals surface area contributed by atoms with Crippen molar-refractivity contribution in [2.75, 3.05) is 13.2 Å². The Balaban J connectivity index is 2.00. The molecule has 4 nitrogen and oxygen atoms in total. The molecule has 0 saturated heterocycles. The molecule has 2 N–H and O–H groups in total. The van der Waals surface area contributed by atoms with Gasteiger partial charge in [-0.2, -0.15) is 5.10 Å². The third-order valence-corrected chi connectivity index (χ3v) is 4.48. The number of halogens is 1. The zero-order valence-electron chi connectivity index (χ0n) is 14.1. The Kier molecular flexibility index (Phi) is 6.22. The molecule has 0 bridgehead atoms. The highest BCUT2D eigenvalue weighted by Gasteiger charge is 2.18. The van der Waals surface area contributed by atoms with Crippen molar-refractivity contribution in [3.8, 4) is 0 Å². The Labute approximate surface area is 143 Å². The van der Waals surface area contributed by atoms with Crippen LogP contribution in [0.3, 0.4) is 0 Å². The van der Waals surface area contributed by atoms with Gasteiger partial charge in [-0.15, -0.1) is 0 Å². The molecular formula is C18H26ClN3O. The zero-order chi connectivity index (χ0) is 16.9. The van der Waals surface area contributed by atoms with Crippen LogP contribution in [-0.2, 0) is 13.1 Å². The van der Waals surface area contributed by atoms with Crippen molar-refractivity contribution in [3.63, 3.8) is 0 Å². The van der Waals surface area contributed by atoms with E-state index in [2.05, 4.69) is 36.4 Å². The second-order valence-electron chi connectivity index (χ2n) is 6.74. The van der Waals surface area contributed by atoms with E-state index in [0.717, 1.165) is 24.2 Å². The first-order chi connectivity index (χ1) is 10.9. The molecule has 2 aromatic rings. The van der Waals surface area contributed by atoms with E-state index < -0.39 is 0 Å². The number of benzene rings is 1. The number of nitrogens with one attached hydrogen (secondary N) is 1. The third-order valence-electron chi connectivity index (χ3n) is 4.05. The summed E-state index contributed by atoms with van der Waals surface area (Å²) < 4.78 is 1.85. The molecule has 23 heavy (non-hydrogen) atoms. The molecule has 2 rings (SSSR count). The Morgan fingerprint density at radius 3 is 2.61 bits per heavy atom. The number of hydrogen-bond acceptors (Lipinski definition) is 3. The Morgan fingerprint density at radius 2 is 1.96 bits per heavy atom. The first-order valence-corrected chi connectivity index (χ1v) is 8.38. The largest absolute Gasteiger partial charge is 0.396 e. The van der Waals surface area contributed by atoms with Crippen LogP contribution in [0, 0.1) is 12.3 Å². The van der Waals surface area contributed by atoms with Gasteiger partial charge in [-0.25, -0.2) is 4.68 Å². The fourth-order valence-electron chi connectivity index (χ4n) is 2.57. The van der Waals surface area contributed by atoms with Crippen LogP contribution in [0.25, 0.3) is 0 Å². The Hall–Kier alpha value is -1.36. The summed E-state index contributed by atoms with van der Waals surface area (Å²) in [6.45, 7) is 8.68. The number of aliphatic hydroxyl groups excluding tert-OH is 1. The quantitative estimate of drug-likeness (QED) is 0.777. The Bertz CT molecular complexity index is 623. The molecule has 0 atom stereocenters. The van der Waals surface area contributed by atoms with E-state index in [1.54, 1.807) is 0 Å². The van der Waals surface area contributed by atoms with Crippen molar-refractivity contribution in [3.05, 3.63) is 52.3 Å². The lowest BCUT2D eigenvalue weighted by Gasteiger charge is -2.23. The second-order valence-corrected chi connectivity index (χ2v) is 7.10. The highest BCUT2D eigenvalue weighted by molar-refractivity contribution is 6.30. The summed E-state index contributed by atoms with van der Waals surface area (Å²) in [6.07, 6.45) is 0.778. The first-order valence-electron chi connectivity index (χ1n) is 8.00. The first kappa shape index (κ1) is 18.0. The minimum Gasteiger partial charge on any atom is -0.396 e. The molecular weight excluding hydrogens is 310 g/mol. The molecule has 0 spiro atoms. The van der Waals surface area contributed by atoms with Crippen molar-refractivity contribution in [2.24, 2.45) is 5.41 Å². The molecule has 0 unspecified atom stereocenters. The number of aliphatic hydroxyl groups is 1. The summed E-state index contributed by atoms with van der Waals surface area (Å²) >= 11 is 6.51. The third kappa shape index (κ3) is 5.06. The van der Waals surface area contributed by atoms with E-state index in [4.69, 9.17) is 16.7 Å². The molecule has 1 heterocycles. The minimum atomic E-state index is 0.0646. The topological polar surface area (TPSA) is 50.1 Å².